The molecule has 0 fully saturated rings. The van der Waals surface area contributed by atoms with E-state index < -0.39 is 0 Å². The molecule has 5 nitrogen and oxygen atoms in total. The van der Waals surface area contributed by atoms with Crippen molar-refractivity contribution in [2.24, 2.45) is 5.84 Å². The molecular weight excluding hydrogens is 214 g/mol. The summed E-state index contributed by atoms with van der Waals surface area (Å²) in [6, 6.07) is 5.84. The van der Waals surface area contributed by atoms with Crippen LogP contribution in [-0.4, -0.2) is 14.8 Å². The highest BCUT2D eigenvalue weighted by Crippen LogP contribution is 2.22. The minimum absolute atomic E-state index is 0.0776. The molecule has 0 radical (unpaired) electrons. The van der Waals surface area contributed by atoms with Crippen LogP contribution in [0.3, 0.4) is 0 Å². The Morgan fingerprint density at radius 3 is 2.88 bits per heavy atom. The number of hydrogen-bond acceptors (Lipinski definition) is 4. The lowest BCUT2D eigenvalue weighted by Crippen LogP contribution is -2.31. The molecular formula is C12H17N5. The van der Waals surface area contributed by atoms with Gasteiger partial charge in [-0.1, -0.05) is 6.07 Å². The van der Waals surface area contributed by atoms with Crippen LogP contribution in [0, 0.1) is 6.92 Å². The molecule has 2 aromatic heterocycles. The first-order valence-corrected chi connectivity index (χ1v) is 5.67. The summed E-state index contributed by atoms with van der Waals surface area (Å²) in [6.07, 6.45) is 3.57. The van der Waals surface area contributed by atoms with Gasteiger partial charge in [0, 0.05) is 24.6 Å². The SMILES string of the molecule is CCn1nccc1C(NN)c1cccnc1C. The largest absolute Gasteiger partial charge is 0.271 e. The minimum Gasteiger partial charge on any atom is -0.271 e. The van der Waals surface area contributed by atoms with Crippen LogP contribution in [0.4, 0.5) is 0 Å². The first-order chi connectivity index (χ1) is 8.27. The Kier molecular flexibility index (Phi) is 3.51. The topological polar surface area (TPSA) is 68.8 Å². The van der Waals surface area contributed by atoms with E-state index >= 15 is 0 Å². The second-order valence-corrected chi connectivity index (χ2v) is 3.85. The van der Waals surface area contributed by atoms with Gasteiger partial charge in [0.15, 0.2) is 0 Å². The van der Waals surface area contributed by atoms with Crippen LogP contribution in [0.1, 0.15) is 29.9 Å². The Morgan fingerprint density at radius 2 is 2.24 bits per heavy atom. The van der Waals surface area contributed by atoms with Crippen LogP contribution < -0.4 is 11.3 Å². The number of nitrogens with zero attached hydrogens (tertiary/aromatic N) is 3. The summed E-state index contributed by atoms with van der Waals surface area (Å²) in [5.41, 5.74) is 5.93. The number of nitrogens with one attached hydrogen (secondary N) is 1. The first-order valence-electron chi connectivity index (χ1n) is 5.67. The molecule has 2 aromatic rings. The Hall–Kier alpha value is -1.72. The zero-order valence-electron chi connectivity index (χ0n) is 10.1. The maximum absolute atomic E-state index is 5.67. The average molecular weight is 231 g/mol. The third kappa shape index (κ3) is 2.20. The fourth-order valence-electron chi connectivity index (χ4n) is 1.99. The quantitative estimate of drug-likeness (QED) is 0.612. The molecule has 0 saturated heterocycles. The molecule has 0 aliphatic rings. The van der Waals surface area contributed by atoms with E-state index in [0.29, 0.717) is 0 Å². The van der Waals surface area contributed by atoms with Crippen molar-refractivity contribution in [1.82, 2.24) is 20.2 Å². The van der Waals surface area contributed by atoms with E-state index in [1.165, 1.54) is 0 Å². The number of aryl methyl sites for hydroxylation is 2. The molecule has 3 N–H and O–H groups in total. The number of aromatic nitrogens is 3. The molecule has 5 heteroatoms. The molecule has 2 heterocycles. The van der Waals surface area contributed by atoms with Gasteiger partial charge in [-0.05, 0) is 31.5 Å². The zero-order chi connectivity index (χ0) is 12.3. The molecule has 1 atom stereocenters. The van der Waals surface area contributed by atoms with Crippen LogP contribution in [0.2, 0.25) is 0 Å². The predicted octanol–water partition coefficient (Wildman–Crippen LogP) is 1.16. The fraction of sp³-hybridized carbons (Fsp3) is 0.333. The maximum atomic E-state index is 5.67. The summed E-state index contributed by atoms with van der Waals surface area (Å²) < 4.78 is 1.93. The van der Waals surface area contributed by atoms with Crippen LogP contribution in [0.15, 0.2) is 30.6 Å². The van der Waals surface area contributed by atoms with E-state index in [9.17, 15) is 0 Å². The standard InChI is InChI=1S/C12H17N5/c1-3-17-11(6-8-15-17)12(16-13)10-5-4-7-14-9(10)2/h4-8,12,16H,3,13H2,1-2H3. The smallest absolute Gasteiger partial charge is 0.0895 e. The first kappa shape index (κ1) is 11.8. The highest BCUT2D eigenvalue weighted by molar-refractivity contribution is 5.29. The van der Waals surface area contributed by atoms with Crippen molar-refractivity contribution in [3.63, 3.8) is 0 Å². The van der Waals surface area contributed by atoms with Crippen molar-refractivity contribution in [1.29, 1.82) is 0 Å². The summed E-state index contributed by atoms with van der Waals surface area (Å²) in [5, 5.41) is 4.26. The Balaban J connectivity index is 2.44. The predicted molar refractivity (Wildman–Crippen MR) is 66.0 cm³/mol. The van der Waals surface area contributed by atoms with Gasteiger partial charge in [0.05, 0.1) is 11.7 Å². The second-order valence-electron chi connectivity index (χ2n) is 3.85. The van der Waals surface area contributed by atoms with Crippen molar-refractivity contribution < 1.29 is 0 Å². The van der Waals surface area contributed by atoms with Gasteiger partial charge >= 0.3 is 0 Å². The van der Waals surface area contributed by atoms with Gasteiger partial charge < -0.3 is 0 Å². The fourth-order valence-corrected chi connectivity index (χ4v) is 1.99. The van der Waals surface area contributed by atoms with Gasteiger partial charge in [0.1, 0.15) is 0 Å². The van der Waals surface area contributed by atoms with Crippen LogP contribution in [0.5, 0.6) is 0 Å². The Morgan fingerprint density at radius 1 is 1.41 bits per heavy atom. The van der Waals surface area contributed by atoms with Gasteiger partial charge in [-0.15, -0.1) is 0 Å². The van der Waals surface area contributed by atoms with Crippen molar-refractivity contribution in [3.05, 3.63) is 47.5 Å². The van der Waals surface area contributed by atoms with E-state index in [0.717, 1.165) is 23.5 Å². The number of pyridine rings is 1. The molecule has 1 unspecified atom stereocenters. The molecule has 90 valence electrons. The number of hydrogen-bond donors (Lipinski definition) is 2. The van der Waals surface area contributed by atoms with Crippen molar-refractivity contribution >= 4 is 0 Å². The summed E-state index contributed by atoms with van der Waals surface area (Å²) in [6.45, 7) is 4.85. The molecule has 0 aliphatic carbocycles. The highest BCUT2D eigenvalue weighted by atomic mass is 15.3. The minimum atomic E-state index is -0.0776. The monoisotopic (exact) mass is 231 g/mol. The molecule has 0 bridgehead atoms. The van der Waals surface area contributed by atoms with E-state index in [1.807, 2.05) is 29.8 Å². The van der Waals surface area contributed by atoms with Gasteiger partial charge in [-0.3, -0.25) is 15.5 Å². The van der Waals surface area contributed by atoms with E-state index in [4.69, 9.17) is 5.84 Å². The number of rotatable bonds is 4. The molecule has 0 aromatic carbocycles. The Labute approximate surface area is 101 Å². The summed E-state index contributed by atoms with van der Waals surface area (Å²) in [7, 11) is 0. The van der Waals surface area contributed by atoms with Gasteiger partial charge in [0.25, 0.3) is 0 Å². The van der Waals surface area contributed by atoms with Gasteiger partial charge in [-0.25, -0.2) is 5.43 Å². The lowest BCUT2D eigenvalue weighted by atomic mass is 10.0. The van der Waals surface area contributed by atoms with E-state index in [2.05, 4.69) is 22.4 Å². The van der Waals surface area contributed by atoms with Crippen molar-refractivity contribution in [2.45, 2.75) is 26.4 Å². The van der Waals surface area contributed by atoms with Crippen molar-refractivity contribution in [3.8, 4) is 0 Å². The molecule has 0 spiro atoms. The Bertz CT molecular complexity index is 491. The number of hydrazine groups is 1. The zero-order valence-corrected chi connectivity index (χ0v) is 10.1. The summed E-state index contributed by atoms with van der Waals surface area (Å²) in [5.74, 6) is 5.67. The third-order valence-corrected chi connectivity index (χ3v) is 2.87. The van der Waals surface area contributed by atoms with E-state index in [1.54, 1.807) is 12.4 Å². The third-order valence-electron chi connectivity index (χ3n) is 2.87. The van der Waals surface area contributed by atoms with Crippen LogP contribution in [-0.2, 0) is 6.54 Å². The lowest BCUT2D eigenvalue weighted by Gasteiger charge is -2.18. The average Bonchev–Trinajstić information content (AvgIpc) is 2.81. The normalized spacial score (nSPS) is 12.6. The van der Waals surface area contributed by atoms with Gasteiger partial charge in [0.2, 0.25) is 0 Å². The molecule has 0 saturated carbocycles. The highest BCUT2D eigenvalue weighted by Gasteiger charge is 2.18. The maximum Gasteiger partial charge on any atom is 0.0895 e. The molecule has 0 amide bonds. The lowest BCUT2D eigenvalue weighted by molar-refractivity contribution is 0.541. The van der Waals surface area contributed by atoms with Crippen LogP contribution >= 0.6 is 0 Å². The number of nitrogens with two attached hydrogens (primary N) is 1. The summed E-state index contributed by atoms with van der Waals surface area (Å²) >= 11 is 0. The molecule has 2 rings (SSSR count). The molecule has 0 aliphatic heterocycles. The summed E-state index contributed by atoms with van der Waals surface area (Å²) in [4.78, 5) is 4.29. The van der Waals surface area contributed by atoms with Crippen LogP contribution in [0.25, 0.3) is 0 Å². The van der Waals surface area contributed by atoms with Gasteiger partial charge in [-0.2, -0.15) is 5.10 Å². The van der Waals surface area contributed by atoms with Crippen molar-refractivity contribution in [2.75, 3.05) is 0 Å². The molecule has 17 heavy (non-hydrogen) atoms. The van der Waals surface area contributed by atoms with E-state index in [-0.39, 0.29) is 6.04 Å². The second kappa shape index (κ2) is 5.07.